The van der Waals surface area contributed by atoms with E-state index in [0.29, 0.717) is 34.5 Å². The number of rotatable bonds is 9. The largest absolute Gasteiger partial charge is 0.497 e. The summed E-state index contributed by atoms with van der Waals surface area (Å²) in [5.41, 5.74) is 4.69. The van der Waals surface area contributed by atoms with E-state index in [-0.39, 0.29) is 12.4 Å². The summed E-state index contributed by atoms with van der Waals surface area (Å²) in [4.78, 5) is 28.0. The van der Waals surface area contributed by atoms with Crippen molar-refractivity contribution < 1.29 is 23.8 Å². The molecule has 3 aromatic rings. The zero-order chi connectivity index (χ0) is 22.1. The van der Waals surface area contributed by atoms with Gasteiger partial charge in [-0.05, 0) is 61.0 Å². The fraction of sp³-hybridized carbons (Fsp3) is 0.182. The molecule has 0 amide bonds. The Kier molecular flexibility index (Phi) is 7.72. The maximum Gasteiger partial charge on any atom is 0.343 e. The van der Waals surface area contributed by atoms with Gasteiger partial charge in [-0.25, -0.2) is 9.78 Å². The molecule has 0 aliphatic heterocycles. The van der Waals surface area contributed by atoms with Crippen molar-refractivity contribution in [2.45, 2.75) is 13.3 Å². The first-order valence-electron chi connectivity index (χ1n) is 9.42. The summed E-state index contributed by atoms with van der Waals surface area (Å²) in [6, 6.07) is 13.6. The molecule has 9 heteroatoms. The van der Waals surface area contributed by atoms with Crippen molar-refractivity contribution in [1.29, 1.82) is 0 Å². The third-order valence-corrected chi connectivity index (χ3v) is 4.77. The van der Waals surface area contributed by atoms with Crippen LogP contribution in [0.2, 0.25) is 0 Å². The number of methoxy groups -OCH3 is 1. The molecule has 0 aliphatic carbocycles. The summed E-state index contributed by atoms with van der Waals surface area (Å²) in [5, 5.41) is 6.48. The molecule has 1 heterocycles. The molecule has 31 heavy (non-hydrogen) atoms. The van der Waals surface area contributed by atoms with Gasteiger partial charge in [0.2, 0.25) is 5.13 Å². The van der Waals surface area contributed by atoms with E-state index in [0.717, 1.165) is 5.56 Å². The third-order valence-electron chi connectivity index (χ3n) is 3.97. The van der Waals surface area contributed by atoms with Crippen LogP contribution in [0.5, 0.6) is 11.5 Å². The van der Waals surface area contributed by atoms with Crippen LogP contribution in [0.1, 0.15) is 28.5 Å². The van der Waals surface area contributed by atoms with Crippen LogP contribution in [0.15, 0.2) is 59.0 Å². The predicted octanol–water partition coefficient (Wildman–Crippen LogP) is 3.92. The normalized spacial score (nSPS) is 10.6. The summed E-state index contributed by atoms with van der Waals surface area (Å²) >= 11 is 1.35. The molecule has 0 aliphatic rings. The summed E-state index contributed by atoms with van der Waals surface area (Å²) < 4.78 is 15.3. The minimum Gasteiger partial charge on any atom is -0.497 e. The zero-order valence-corrected chi connectivity index (χ0v) is 17.8. The van der Waals surface area contributed by atoms with Gasteiger partial charge in [-0.3, -0.25) is 10.2 Å². The van der Waals surface area contributed by atoms with Crippen molar-refractivity contribution in [3.63, 3.8) is 0 Å². The lowest BCUT2D eigenvalue weighted by Crippen LogP contribution is -2.08. The van der Waals surface area contributed by atoms with Crippen molar-refractivity contribution in [1.82, 2.24) is 4.98 Å². The van der Waals surface area contributed by atoms with E-state index >= 15 is 0 Å². The summed E-state index contributed by atoms with van der Waals surface area (Å²) in [5.74, 6) is 0.333. The highest BCUT2D eigenvalue weighted by atomic mass is 32.1. The topological polar surface area (TPSA) is 99.1 Å². The van der Waals surface area contributed by atoms with Gasteiger partial charge in [0, 0.05) is 5.38 Å². The molecule has 0 spiro atoms. The smallest absolute Gasteiger partial charge is 0.343 e. The number of hydrogen-bond acceptors (Lipinski definition) is 9. The predicted molar refractivity (Wildman–Crippen MR) is 118 cm³/mol. The van der Waals surface area contributed by atoms with Crippen LogP contribution in [-0.4, -0.2) is 36.9 Å². The minimum absolute atomic E-state index is 0.131. The van der Waals surface area contributed by atoms with Gasteiger partial charge in [0.05, 0.1) is 37.6 Å². The second-order valence-corrected chi connectivity index (χ2v) is 7.04. The number of thiazole rings is 1. The zero-order valence-electron chi connectivity index (χ0n) is 17.0. The Balaban J connectivity index is 1.51. The second-order valence-electron chi connectivity index (χ2n) is 6.18. The van der Waals surface area contributed by atoms with E-state index < -0.39 is 5.97 Å². The highest BCUT2D eigenvalue weighted by Crippen LogP contribution is 2.17. The standard InChI is InChI=1S/C22H21N3O5S/c1-3-29-20(26)12-17-14-31-22(24-17)25-23-13-15-4-8-19(9-5-15)30-21(27)16-6-10-18(28-2)11-7-16/h4-11,13-14H,3,12H2,1-2H3,(H,24,25). The number of hydrazone groups is 1. The minimum atomic E-state index is -0.451. The van der Waals surface area contributed by atoms with Gasteiger partial charge < -0.3 is 14.2 Å². The molecule has 1 aromatic heterocycles. The Hall–Kier alpha value is -3.72. The first kappa shape index (κ1) is 22.0. The van der Waals surface area contributed by atoms with Crippen LogP contribution in [0, 0.1) is 0 Å². The number of benzene rings is 2. The molecule has 0 saturated carbocycles. The van der Waals surface area contributed by atoms with Crippen molar-refractivity contribution in [3.05, 3.63) is 70.7 Å². The molecule has 0 fully saturated rings. The molecular weight excluding hydrogens is 418 g/mol. The molecule has 2 aromatic carbocycles. The van der Waals surface area contributed by atoms with Gasteiger partial charge in [-0.1, -0.05) is 0 Å². The third kappa shape index (κ3) is 6.65. The number of nitrogens with one attached hydrogen (secondary N) is 1. The summed E-state index contributed by atoms with van der Waals surface area (Å²) in [6.07, 6.45) is 1.74. The maximum absolute atomic E-state index is 12.2. The molecule has 0 saturated heterocycles. The van der Waals surface area contributed by atoms with Gasteiger partial charge in [0.1, 0.15) is 11.5 Å². The Morgan fingerprint density at radius 1 is 1.10 bits per heavy atom. The van der Waals surface area contributed by atoms with E-state index in [9.17, 15) is 9.59 Å². The fourth-order valence-corrected chi connectivity index (χ4v) is 3.14. The number of anilines is 1. The monoisotopic (exact) mass is 439 g/mol. The van der Waals surface area contributed by atoms with E-state index in [1.54, 1.807) is 74.2 Å². The van der Waals surface area contributed by atoms with Gasteiger partial charge in [0.15, 0.2) is 0 Å². The van der Waals surface area contributed by atoms with Crippen molar-refractivity contribution in [2.24, 2.45) is 5.10 Å². The van der Waals surface area contributed by atoms with Gasteiger partial charge in [-0.15, -0.1) is 11.3 Å². The molecule has 160 valence electrons. The van der Waals surface area contributed by atoms with Gasteiger partial charge in [0.25, 0.3) is 0 Å². The molecule has 1 N–H and O–H groups in total. The molecule has 0 unspecified atom stereocenters. The first-order valence-corrected chi connectivity index (χ1v) is 10.3. The van der Waals surface area contributed by atoms with Crippen molar-refractivity contribution >= 4 is 34.6 Å². The Bertz CT molecular complexity index is 1050. The van der Waals surface area contributed by atoms with E-state index in [2.05, 4.69) is 15.5 Å². The van der Waals surface area contributed by atoms with Gasteiger partial charge in [-0.2, -0.15) is 5.10 Å². The number of carbonyl (C=O) groups excluding carboxylic acids is 2. The molecule has 0 atom stereocenters. The lowest BCUT2D eigenvalue weighted by molar-refractivity contribution is -0.142. The van der Waals surface area contributed by atoms with E-state index in [1.165, 1.54) is 11.3 Å². The number of nitrogens with zero attached hydrogens (tertiary/aromatic N) is 2. The van der Waals surface area contributed by atoms with Crippen LogP contribution in [0.25, 0.3) is 0 Å². The highest BCUT2D eigenvalue weighted by Gasteiger charge is 2.09. The Morgan fingerprint density at radius 2 is 1.81 bits per heavy atom. The Labute approximate surface area is 183 Å². The quantitative estimate of drug-likeness (QED) is 0.233. The molecule has 8 nitrogen and oxygen atoms in total. The van der Waals surface area contributed by atoms with Crippen molar-refractivity contribution in [2.75, 3.05) is 19.1 Å². The van der Waals surface area contributed by atoms with Crippen LogP contribution < -0.4 is 14.9 Å². The van der Waals surface area contributed by atoms with Crippen LogP contribution in [0.4, 0.5) is 5.13 Å². The van der Waals surface area contributed by atoms with Crippen LogP contribution in [0.3, 0.4) is 0 Å². The highest BCUT2D eigenvalue weighted by molar-refractivity contribution is 7.13. The van der Waals surface area contributed by atoms with E-state index in [4.69, 9.17) is 14.2 Å². The lowest BCUT2D eigenvalue weighted by Gasteiger charge is -2.05. The number of hydrogen-bond donors (Lipinski definition) is 1. The molecule has 3 rings (SSSR count). The number of aromatic nitrogens is 1. The number of carbonyl (C=O) groups is 2. The maximum atomic E-state index is 12.2. The van der Waals surface area contributed by atoms with Crippen LogP contribution in [-0.2, 0) is 16.0 Å². The van der Waals surface area contributed by atoms with Gasteiger partial charge >= 0.3 is 11.9 Å². The van der Waals surface area contributed by atoms with Crippen LogP contribution >= 0.6 is 11.3 Å². The number of esters is 2. The molecular formula is C22H21N3O5S. The second kappa shape index (κ2) is 10.9. The average Bonchev–Trinajstić information content (AvgIpc) is 3.22. The molecule has 0 bridgehead atoms. The number of ether oxygens (including phenoxy) is 3. The summed E-state index contributed by atoms with van der Waals surface area (Å²) in [6.45, 7) is 2.11. The Morgan fingerprint density at radius 3 is 2.48 bits per heavy atom. The van der Waals surface area contributed by atoms with Crippen molar-refractivity contribution in [3.8, 4) is 11.5 Å². The molecule has 0 radical (unpaired) electrons. The average molecular weight is 439 g/mol. The van der Waals surface area contributed by atoms with E-state index in [1.807, 2.05) is 0 Å². The summed E-state index contributed by atoms with van der Waals surface area (Å²) in [7, 11) is 1.56. The first-order chi connectivity index (χ1) is 15.1. The lowest BCUT2D eigenvalue weighted by atomic mass is 10.2. The fourth-order valence-electron chi connectivity index (χ4n) is 2.48. The SMILES string of the molecule is CCOC(=O)Cc1csc(NN=Cc2ccc(OC(=O)c3ccc(OC)cc3)cc2)n1.